The molecule has 0 spiro atoms. The van der Waals surface area contributed by atoms with Crippen LogP contribution in [0.15, 0.2) is 17.1 Å². The van der Waals surface area contributed by atoms with E-state index in [1.54, 1.807) is 0 Å². The van der Waals surface area contributed by atoms with E-state index >= 15 is 0 Å². The normalized spacial score (nSPS) is 19.3. The molecule has 0 radical (unpaired) electrons. The topological polar surface area (TPSA) is 303 Å². The molecule has 66 heavy (non-hydrogen) atoms. The number of rotatable bonds is 41. The van der Waals surface area contributed by atoms with E-state index in [4.69, 9.17) is 24.0 Å². The van der Waals surface area contributed by atoms with Gasteiger partial charge in [-0.1, -0.05) is 155 Å². The molecule has 7 atom stereocenters. The predicted octanol–water partition coefficient (Wildman–Crippen LogP) is 7.21. The largest absolute Gasteiger partial charge is 0.483 e. The summed E-state index contributed by atoms with van der Waals surface area (Å²) in [6.45, 7) is 2.29. The highest BCUT2D eigenvalue weighted by atomic mass is 31.3. The van der Waals surface area contributed by atoms with Gasteiger partial charge in [0.25, 0.3) is 0 Å². The Hall–Kier alpha value is -2.32. The number of esters is 2. The molecule has 384 valence electrons. The maximum atomic E-state index is 12.7. The SMILES string of the molecule is CCCCCCCCCCCCCCCC(=O)OCC(CO)OC(=O)CCCCCCCCCCCCCCCNc1ccn([C@@H]2O[C@H](C(O)OP(=O)(O)OP(=O)(O)O)[C@@H](O)[C@@H]2O)c(=O)n1. The lowest BCUT2D eigenvalue weighted by molar-refractivity contribution is -0.161. The van der Waals surface area contributed by atoms with Crippen molar-refractivity contribution in [3.05, 3.63) is 22.7 Å². The Kier molecular flexibility index (Phi) is 31.6. The fraction of sp³-hybridized carbons (Fsp3) is 0.864. The van der Waals surface area contributed by atoms with Gasteiger partial charge in [0.1, 0.15) is 30.7 Å². The molecule has 3 unspecified atom stereocenters. The number of hydrogen-bond donors (Lipinski definition) is 8. The number of anilines is 1. The summed E-state index contributed by atoms with van der Waals surface area (Å²) in [7, 11) is -11.0. The van der Waals surface area contributed by atoms with Gasteiger partial charge in [0.15, 0.2) is 18.6 Å². The lowest BCUT2D eigenvalue weighted by atomic mass is 10.0. The monoisotopic (exact) mass is 986 g/mol. The van der Waals surface area contributed by atoms with Crippen molar-refractivity contribution >= 4 is 33.4 Å². The first kappa shape index (κ1) is 59.8. The van der Waals surface area contributed by atoms with Crippen molar-refractivity contribution in [1.29, 1.82) is 0 Å². The zero-order valence-electron chi connectivity index (χ0n) is 39.0. The molecule has 1 aliphatic heterocycles. The molecule has 0 saturated carbocycles. The number of ether oxygens (including phenoxy) is 3. The maximum absolute atomic E-state index is 12.7. The van der Waals surface area contributed by atoms with Crippen LogP contribution in [0.3, 0.4) is 0 Å². The van der Waals surface area contributed by atoms with E-state index in [1.165, 1.54) is 95.7 Å². The van der Waals surface area contributed by atoms with Crippen LogP contribution < -0.4 is 11.0 Å². The smallest absolute Gasteiger partial charge is 0.462 e. The van der Waals surface area contributed by atoms with E-state index in [9.17, 15) is 48.8 Å². The molecule has 2 rings (SSSR count). The van der Waals surface area contributed by atoms with Gasteiger partial charge in [-0.2, -0.15) is 9.29 Å². The van der Waals surface area contributed by atoms with Gasteiger partial charge in [0.05, 0.1) is 6.61 Å². The summed E-state index contributed by atoms with van der Waals surface area (Å²) in [5.74, 6) is -0.437. The second-order valence-electron chi connectivity index (χ2n) is 17.3. The van der Waals surface area contributed by atoms with Gasteiger partial charge < -0.3 is 54.6 Å². The van der Waals surface area contributed by atoms with E-state index in [-0.39, 0.29) is 37.4 Å². The van der Waals surface area contributed by atoms with Gasteiger partial charge in [0.2, 0.25) is 0 Å². The summed E-state index contributed by atoms with van der Waals surface area (Å²) in [6, 6.07) is 1.44. The van der Waals surface area contributed by atoms with Crippen molar-refractivity contribution in [3.63, 3.8) is 0 Å². The number of phosphoric acid groups is 2. The summed E-state index contributed by atoms with van der Waals surface area (Å²) >= 11 is 0. The zero-order chi connectivity index (χ0) is 48.6. The number of hydrogen-bond acceptors (Lipinski definition) is 16. The second-order valence-corrected chi connectivity index (χ2v) is 20.0. The number of phosphoric ester groups is 1. The average Bonchev–Trinajstić information content (AvgIpc) is 3.55. The molecular weight excluding hydrogens is 904 g/mol. The minimum absolute atomic E-state index is 0.120. The van der Waals surface area contributed by atoms with Gasteiger partial charge in [-0.05, 0) is 25.3 Å². The van der Waals surface area contributed by atoms with Crippen molar-refractivity contribution in [2.45, 2.75) is 224 Å². The van der Waals surface area contributed by atoms with Crippen LogP contribution in [-0.4, -0.2) is 107 Å². The van der Waals surface area contributed by atoms with Crippen molar-refractivity contribution in [2.75, 3.05) is 25.1 Å². The van der Waals surface area contributed by atoms with E-state index < -0.39 is 58.3 Å². The summed E-state index contributed by atoms with van der Waals surface area (Å²) < 4.78 is 47.1. The van der Waals surface area contributed by atoms with Crippen LogP contribution in [0.1, 0.15) is 193 Å². The summed E-state index contributed by atoms with van der Waals surface area (Å²) in [6.07, 6.45) is 20.9. The summed E-state index contributed by atoms with van der Waals surface area (Å²) in [5, 5.41) is 43.4. The molecule has 2 heterocycles. The van der Waals surface area contributed by atoms with Crippen LogP contribution in [0, 0.1) is 0 Å². The van der Waals surface area contributed by atoms with E-state index in [2.05, 4.69) is 26.1 Å². The van der Waals surface area contributed by atoms with Gasteiger partial charge in [-0.25, -0.2) is 13.9 Å². The molecule has 0 aliphatic carbocycles. The first-order valence-corrected chi connectivity index (χ1v) is 27.4. The predicted molar refractivity (Wildman–Crippen MR) is 246 cm³/mol. The van der Waals surface area contributed by atoms with Crippen LogP contribution in [0.4, 0.5) is 5.82 Å². The zero-order valence-corrected chi connectivity index (χ0v) is 40.8. The Balaban J connectivity index is 1.42. The van der Waals surface area contributed by atoms with Gasteiger partial charge >= 0.3 is 33.3 Å². The molecule has 1 aromatic rings. The molecule has 22 heteroatoms. The number of nitrogens with zero attached hydrogens (tertiary/aromatic N) is 2. The number of aromatic nitrogens is 2. The van der Waals surface area contributed by atoms with E-state index in [1.807, 2.05) is 0 Å². The molecule has 1 aliphatic rings. The fourth-order valence-corrected chi connectivity index (χ4v) is 9.30. The van der Waals surface area contributed by atoms with Crippen LogP contribution in [0.5, 0.6) is 0 Å². The van der Waals surface area contributed by atoms with Crippen molar-refractivity contribution in [1.82, 2.24) is 9.55 Å². The number of carbonyl (C=O) groups is 2. The average molecular weight is 986 g/mol. The Morgan fingerprint density at radius 2 is 1.21 bits per heavy atom. The highest BCUT2D eigenvalue weighted by Gasteiger charge is 2.50. The van der Waals surface area contributed by atoms with Gasteiger partial charge in [0, 0.05) is 25.6 Å². The Bertz CT molecular complexity index is 1620. The Morgan fingerprint density at radius 3 is 1.68 bits per heavy atom. The second kappa shape index (κ2) is 34.9. The standard InChI is InChI=1S/C44H81N3O17P2/c1-2-3-4-5-6-7-8-10-13-16-19-22-25-28-37(49)60-34-35(33-48)61-38(50)29-26-23-20-17-14-11-9-12-15-18-21-24-27-31-45-36-30-32-47(44(54)46-36)42-40(52)39(51)41(62-42)43(53)63-66(58,59)64-65(55,56)57/h30,32,35,39-43,48,51-53H,2-29,31,33-34H2,1H3,(H,58,59)(H,45,46,54)(H2,55,56,57)/t35?,39-,40-,41-,42+,43?/m0/s1. The third kappa shape index (κ3) is 27.6. The lowest BCUT2D eigenvalue weighted by Crippen LogP contribution is -2.40. The number of unbranched alkanes of at least 4 members (excludes halogenated alkanes) is 24. The van der Waals surface area contributed by atoms with E-state index in [0.717, 1.165) is 88.0 Å². The Morgan fingerprint density at radius 1 is 0.742 bits per heavy atom. The molecular formula is C44H81N3O17P2. The molecule has 20 nitrogen and oxygen atoms in total. The highest BCUT2D eigenvalue weighted by molar-refractivity contribution is 7.60. The van der Waals surface area contributed by atoms with Crippen molar-refractivity contribution < 1.29 is 76.9 Å². The minimum atomic E-state index is -5.52. The molecule has 1 aromatic heterocycles. The molecule has 0 aromatic carbocycles. The first-order valence-electron chi connectivity index (χ1n) is 24.3. The number of aliphatic hydroxyl groups is 4. The maximum Gasteiger partial charge on any atom is 0.483 e. The lowest BCUT2D eigenvalue weighted by Gasteiger charge is -2.22. The van der Waals surface area contributed by atoms with Crippen LogP contribution in [0.2, 0.25) is 0 Å². The van der Waals surface area contributed by atoms with Crippen molar-refractivity contribution in [3.8, 4) is 0 Å². The fourth-order valence-electron chi connectivity index (χ4n) is 7.68. The molecule has 1 fully saturated rings. The third-order valence-corrected chi connectivity index (χ3v) is 13.6. The van der Waals surface area contributed by atoms with Crippen LogP contribution >= 0.6 is 15.6 Å². The molecule has 8 N–H and O–H groups in total. The van der Waals surface area contributed by atoms with Crippen LogP contribution in [-0.2, 0) is 41.8 Å². The molecule has 0 amide bonds. The molecule has 1 saturated heterocycles. The number of carbonyl (C=O) groups excluding carboxylic acids is 2. The van der Waals surface area contributed by atoms with Gasteiger partial charge in [-0.15, -0.1) is 0 Å². The first-order chi connectivity index (χ1) is 31.6. The summed E-state index contributed by atoms with van der Waals surface area (Å²) in [5.41, 5.74) is -0.872. The third-order valence-electron chi connectivity index (χ3n) is 11.4. The number of nitrogens with one attached hydrogen (secondary N) is 1. The van der Waals surface area contributed by atoms with Gasteiger partial charge in [-0.3, -0.25) is 18.7 Å². The highest BCUT2D eigenvalue weighted by Crippen LogP contribution is 2.58. The van der Waals surface area contributed by atoms with Crippen molar-refractivity contribution in [2.24, 2.45) is 0 Å². The quantitative estimate of drug-likeness (QED) is 0.0139. The summed E-state index contributed by atoms with van der Waals surface area (Å²) in [4.78, 5) is 67.9. The molecule has 0 bridgehead atoms. The van der Waals surface area contributed by atoms with Crippen LogP contribution in [0.25, 0.3) is 0 Å². The minimum Gasteiger partial charge on any atom is -0.462 e. The van der Waals surface area contributed by atoms with E-state index in [0.29, 0.717) is 13.0 Å². The number of aliphatic hydroxyl groups excluding tert-OH is 4. The Labute approximate surface area is 390 Å².